The van der Waals surface area contributed by atoms with Gasteiger partial charge in [-0.15, -0.1) is 0 Å². The third-order valence-electron chi connectivity index (χ3n) is 3.18. The molecule has 2 amide bonds. The number of anilines is 1. The minimum Gasteiger partial charge on any atom is -0.467 e. The summed E-state index contributed by atoms with van der Waals surface area (Å²) in [6.07, 6.45) is 0. The lowest BCUT2D eigenvalue weighted by atomic mass is 10.0. The first kappa shape index (κ1) is 11.8. The van der Waals surface area contributed by atoms with E-state index in [0.29, 0.717) is 6.54 Å². The second-order valence-corrected chi connectivity index (χ2v) is 4.28. The van der Waals surface area contributed by atoms with Crippen molar-refractivity contribution in [3.05, 3.63) is 29.8 Å². The van der Waals surface area contributed by atoms with Crippen molar-refractivity contribution >= 4 is 17.7 Å². The van der Waals surface area contributed by atoms with Crippen LogP contribution in [-0.2, 0) is 14.4 Å². The molecular formula is C12H13N3O4. The van der Waals surface area contributed by atoms with E-state index in [0.717, 1.165) is 11.3 Å². The summed E-state index contributed by atoms with van der Waals surface area (Å²) in [6, 6.07) is 7.09. The van der Waals surface area contributed by atoms with Crippen LogP contribution in [0.25, 0.3) is 0 Å². The van der Waals surface area contributed by atoms with Crippen LogP contribution < -0.4 is 5.43 Å². The van der Waals surface area contributed by atoms with Gasteiger partial charge in [0.25, 0.3) is 0 Å². The van der Waals surface area contributed by atoms with Gasteiger partial charge in [0.15, 0.2) is 6.61 Å². The van der Waals surface area contributed by atoms with E-state index in [1.54, 1.807) is 0 Å². The Balaban J connectivity index is 1.83. The second kappa shape index (κ2) is 4.43. The Labute approximate surface area is 109 Å². The first-order valence-corrected chi connectivity index (χ1v) is 5.86. The van der Waals surface area contributed by atoms with Crippen molar-refractivity contribution < 1.29 is 19.2 Å². The monoisotopic (exact) mass is 263 g/mol. The predicted molar refractivity (Wildman–Crippen MR) is 64.7 cm³/mol. The summed E-state index contributed by atoms with van der Waals surface area (Å²) in [6.45, 7) is 0.200. The van der Waals surface area contributed by atoms with Crippen LogP contribution in [0.5, 0.6) is 0 Å². The summed E-state index contributed by atoms with van der Waals surface area (Å²) in [5.41, 5.74) is 4.85. The zero-order valence-electron chi connectivity index (χ0n) is 10.3. The van der Waals surface area contributed by atoms with E-state index in [4.69, 9.17) is 4.84 Å². The molecule has 1 unspecified atom stereocenters. The van der Waals surface area contributed by atoms with Crippen LogP contribution in [-0.4, -0.2) is 42.3 Å². The maximum absolute atomic E-state index is 12.1. The molecule has 1 atom stereocenters. The summed E-state index contributed by atoms with van der Waals surface area (Å²) >= 11 is 0. The molecule has 2 bridgehead atoms. The molecule has 7 heteroatoms. The number of nitrogens with zero attached hydrogens (tertiary/aromatic N) is 2. The number of carbonyl (C=O) groups is 2. The maximum atomic E-state index is 12.1. The van der Waals surface area contributed by atoms with E-state index in [2.05, 4.69) is 10.2 Å². The standard InChI is InChI=1S/C12H13N3O4/c1-18-11(16)7-19-15-10-6-14(12(15)17)13-9-5-3-2-4-8(9)10/h2-5,10,13H,6-7H2,1H3. The number of urea groups is 1. The van der Waals surface area contributed by atoms with Crippen LogP contribution in [0.2, 0.25) is 0 Å². The molecule has 0 aromatic heterocycles. The van der Waals surface area contributed by atoms with Crippen molar-refractivity contribution in [1.29, 1.82) is 0 Å². The molecule has 1 aromatic carbocycles. The number of ether oxygens (including phenoxy) is 1. The highest BCUT2D eigenvalue weighted by atomic mass is 16.7. The van der Waals surface area contributed by atoms with Gasteiger partial charge in [-0.25, -0.2) is 14.6 Å². The Bertz CT molecular complexity index is 533. The number of esters is 1. The Morgan fingerprint density at radius 2 is 2.26 bits per heavy atom. The number of carbonyl (C=O) groups excluding carboxylic acids is 2. The fourth-order valence-electron chi connectivity index (χ4n) is 2.26. The lowest BCUT2D eigenvalue weighted by Gasteiger charge is -2.25. The molecule has 0 radical (unpaired) electrons. The van der Waals surface area contributed by atoms with E-state index in [-0.39, 0.29) is 18.7 Å². The van der Waals surface area contributed by atoms with Crippen molar-refractivity contribution in [3.63, 3.8) is 0 Å². The molecule has 2 heterocycles. The van der Waals surface area contributed by atoms with Gasteiger partial charge in [0.05, 0.1) is 19.3 Å². The zero-order valence-corrected chi connectivity index (χ0v) is 10.3. The molecule has 100 valence electrons. The van der Waals surface area contributed by atoms with Crippen molar-refractivity contribution in [3.8, 4) is 0 Å². The highest BCUT2D eigenvalue weighted by Crippen LogP contribution is 2.38. The highest BCUT2D eigenvalue weighted by molar-refractivity contribution is 5.81. The molecule has 1 N–H and O–H groups in total. The quantitative estimate of drug-likeness (QED) is 0.821. The fourth-order valence-corrected chi connectivity index (χ4v) is 2.26. The third-order valence-corrected chi connectivity index (χ3v) is 3.18. The van der Waals surface area contributed by atoms with Gasteiger partial charge in [-0.05, 0) is 6.07 Å². The van der Waals surface area contributed by atoms with Gasteiger partial charge < -0.3 is 4.74 Å². The first-order valence-electron chi connectivity index (χ1n) is 5.86. The summed E-state index contributed by atoms with van der Waals surface area (Å²) in [5.74, 6) is -0.523. The van der Waals surface area contributed by atoms with E-state index in [9.17, 15) is 9.59 Å². The maximum Gasteiger partial charge on any atom is 0.363 e. The highest BCUT2D eigenvalue weighted by Gasteiger charge is 2.44. The molecule has 0 spiro atoms. The normalized spacial score (nSPS) is 20.1. The van der Waals surface area contributed by atoms with E-state index < -0.39 is 5.97 Å². The number of benzene rings is 1. The van der Waals surface area contributed by atoms with E-state index >= 15 is 0 Å². The van der Waals surface area contributed by atoms with Crippen LogP contribution in [0.15, 0.2) is 24.3 Å². The van der Waals surface area contributed by atoms with Crippen molar-refractivity contribution in [2.75, 3.05) is 25.7 Å². The number of rotatable bonds is 3. The number of hydrogen-bond donors (Lipinski definition) is 1. The fraction of sp³-hybridized carbons (Fsp3) is 0.333. The van der Waals surface area contributed by atoms with Crippen molar-refractivity contribution in [1.82, 2.24) is 10.1 Å². The molecule has 2 aliphatic heterocycles. The second-order valence-electron chi connectivity index (χ2n) is 4.28. The van der Waals surface area contributed by atoms with Gasteiger partial charge in [0.1, 0.15) is 6.04 Å². The van der Waals surface area contributed by atoms with Gasteiger partial charge in [-0.2, -0.15) is 5.06 Å². The van der Waals surface area contributed by atoms with E-state index in [1.165, 1.54) is 17.2 Å². The van der Waals surface area contributed by atoms with Gasteiger partial charge in [-0.3, -0.25) is 10.3 Å². The number of nitrogens with one attached hydrogen (secondary N) is 1. The van der Waals surface area contributed by atoms with Crippen LogP contribution in [0, 0.1) is 0 Å². The summed E-state index contributed by atoms with van der Waals surface area (Å²) in [5, 5.41) is 2.68. The molecule has 2 aliphatic rings. The van der Waals surface area contributed by atoms with Gasteiger partial charge in [0, 0.05) is 5.56 Å². The zero-order chi connectivity index (χ0) is 13.4. The molecule has 1 fully saturated rings. The van der Waals surface area contributed by atoms with Crippen LogP contribution in [0.1, 0.15) is 11.6 Å². The predicted octanol–water partition coefficient (Wildman–Crippen LogP) is 0.910. The molecule has 0 aliphatic carbocycles. The topological polar surface area (TPSA) is 71.1 Å². The molecule has 1 aromatic rings. The van der Waals surface area contributed by atoms with Crippen LogP contribution in [0.3, 0.4) is 0 Å². The summed E-state index contributed by atoms with van der Waals surface area (Å²) < 4.78 is 4.49. The summed E-state index contributed by atoms with van der Waals surface area (Å²) in [7, 11) is 1.27. The number of methoxy groups -OCH3 is 1. The number of para-hydroxylation sites is 1. The molecule has 19 heavy (non-hydrogen) atoms. The minimum absolute atomic E-state index is 0.213. The first-order chi connectivity index (χ1) is 9.20. The van der Waals surface area contributed by atoms with E-state index in [1.807, 2.05) is 24.3 Å². The largest absolute Gasteiger partial charge is 0.467 e. The van der Waals surface area contributed by atoms with Gasteiger partial charge in [-0.1, -0.05) is 18.2 Å². The van der Waals surface area contributed by atoms with Crippen LogP contribution >= 0.6 is 0 Å². The smallest absolute Gasteiger partial charge is 0.363 e. The number of fused-ring (bicyclic) bond motifs is 4. The summed E-state index contributed by atoms with van der Waals surface area (Å²) in [4.78, 5) is 28.4. The average molecular weight is 263 g/mol. The Morgan fingerprint density at radius 1 is 1.47 bits per heavy atom. The molecular weight excluding hydrogens is 250 g/mol. The number of hydrogen-bond acceptors (Lipinski definition) is 5. The van der Waals surface area contributed by atoms with Crippen LogP contribution in [0.4, 0.5) is 10.5 Å². The number of hydrazine groups is 1. The van der Waals surface area contributed by atoms with Gasteiger partial charge >= 0.3 is 12.0 Å². The van der Waals surface area contributed by atoms with Crippen molar-refractivity contribution in [2.45, 2.75) is 6.04 Å². The Kier molecular flexibility index (Phi) is 2.75. The van der Waals surface area contributed by atoms with Crippen molar-refractivity contribution in [2.24, 2.45) is 0 Å². The molecule has 1 saturated heterocycles. The Hall–Kier alpha value is -2.28. The minimum atomic E-state index is -0.523. The molecule has 3 rings (SSSR count). The molecule has 0 saturated carbocycles. The molecule has 7 nitrogen and oxygen atoms in total. The lowest BCUT2D eigenvalue weighted by Crippen LogP contribution is -2.35. The number of amides is 2. The van der Waals surface area contributed by atoms with Gasteiger partial charge in [0.2, 0.25) is 0 Å². The lowest BCUT2D eigenvalue weighted by molar-refractivity contribution is -0.170. The Morgan fingerprint density at radius 3 is 3.05 bits per heavy atom. The third kappa shape index (κ3) is 1.88. The average Bonchev–Trinajstić information content (AvgIpc) is 2.69. The SMILES string of the molecule is COC(=O)CON1C(=O)N2CC1c1ccccc1N2. The number of hydroxylamine groups is 2.